The van der Waals surface area contributed by atoms with Crippen LogP contribution < -0.4 is 11.1 Å². The van der Waals surface area contributed by atoms with E-state index >= 15 is 0 Å². The van der Waals surface area contributed by atoms with Gasteiger partial charge in [-0.1, -0.05) is 0 Å². The number of rotatable bonds is 3. The highest BCUT2D eigenvalue weighted by molar-refractivity contribution is 5.80. The molecule has 0 aromatic heterocycles. The molecule has 1 saturated heterocycles. The molecule has 0 radical (unpaired) electrons. The largest absolute Gasteiger partial charge is 0.395 e. The monoisotopic (exact) mass is 158 g/mol. The fraction of sp³-hybridized carbons (Fsp3) is 0.857. The summed E-state index contributed by atoms with van der Waals surface area (Å²) < 4.78 is 0. The molecule has 1 unspecified atom stereocenters. The van der Waals surface area contributed by atoms with Crippen LogP contribution in [0.15, 0.2) is 0 Å². The molecule has 4 N–H and O–H groups in total. The van der Waals surface area contributed by atoms with Gasteiger partial charge in [0.05, 0.1) is 6.61 Å². The molecule has 0 aromatic carbocycles. The lowest BCUT2D eigenvalue weighted by molar-refractivity contribution is -0.122. The number of hydrogen-bond donors (Lipinski definition) is 3. The standard InChI is InChI=1S/C7H14N2O2/c8-6(4-10)3-5-1-2-9-7(5)11/h5-6,10H,1-4,8H2,(H,9,11)/t5-,6?/m0/s1. The number of nitrogens with two attached hydrogens (primary N) is 1. The second kappa shape index (κ2) is 3.69. The Morgan fingerprint density at radius 3 is 3.00 bits per heavy atom. The number of hydrogen-bond acceptors (Lipinski definition) is 3. The van der Waals surface area contributed by atoms with Crippen LogP contribution in [0.2, 0.25) is 0 Å². The number of aliphatic hydroxyl groups is 1. The zero-order valence-corrected chi connectivity index (χ0v) is 6.42. The Labute approximate surface area is 65.8 Å². The smallest absolute Gasteiger partial charge is 0.223 e. The molecular formula is C7H14N2O2. The molecule has 1 amide bonds. The lowest BCUT2D eigenvalue weighted by Gasteiger charge is -2.10. The molecule has 4 heteroatoms. The Morgan fingerprint density at radius 1 is 1.82 bits per heavy atom. The van der Waals surface area contributed by atoms with Crippen molar-refractivity contribution in [1.29, 1.82) is 0 Å². The van der Waals surface area contributed by atoms with Crippen LogP contribution in [-0.2, 0) is 4.79 Å². The first kappa shape index (κ1) is 8.49. The topological polar surface area (TPSA) is 75.3 Å². The van der Waals surface area contributed by atoms with Crippen LogP contribution in [-0.4, -0.2) is 30.2 Å². The van der Waals surface area contributed by atoms with E-state index in [0.717, 1.165) is 13.0 Å². The molecule has 0 bridgehead atoms. The van der Waals surface area contributed by atoms with Crippen LogP contribution in [0, 0.1) is 5.92 Å². The quantitative estimate of drug-likeness (QED) is 0.484. The van der Waals surface area contributed by atoms with Gasteiger partial charge in [-0.2, -0.15) is 0 Å². The van der Waals surface area contributed by atoms with Gasteiger partial charge in [0.25, 0.3) is 0 Å². The highest BCUT2D eigenvalue weighted by Gasteiger charge is 2.25. The fourth-order valence-electron chi connectivity index (χ4n) is 1.31. The van der Waals surface area contributed by atoms with Crippen LogP contribution in [0.1, 0.15) is 12.8 Å². The predicted molar refractivity (Wildman–Crippen MR) is 40.8 cm³/mol. The summed E-state index contributed by atoms with van der Waals surface area (Å²) in [6.07, 6.45) is 1.45. The minimum absolute atomic E-state index is 0.0251. The summed E-state index contributed by atoms with van der Waals surface area (Å²) in [5.41, 5.74) is 5.48. The van der Waals surface area contributed by atoms with Crippen LogP contribution in [0.4, 0.5) is 0 Å². The van der Waals surface area contributed by atoms with E-state index in [1.54, 1.807) is 0 Å². The third-order valence-corrected chi connectivity index (χ3v) is 1.98. The molecule has 0 aromatic rings. The Hall–Kier alpha value is -0.610. The summed E-state index contributed by atoms with van der Waals surface area (Å²) in [5.74, 6) is 0.103. The van der Waals surface area contributed by atoms with Gasteiger partial charge in [-0.25, -0.2) is 0 Å². The van der Waals surface area contributed by atoms with Gasteiger partial charge in [0.1, 0.15) is 0 Å². The molecule has 1 heterocycles. The first-order chi connectivity index (χ1) is 5.24. The third-order valence-electron chi connectivity index (χ3n) is 1.98. The maximum absolute atomic E-state index is 11.0. The van der Waals surface area contributed by atoms with Crippen LogP contribution in [0.3, 0.4) is 0 Å². The maximum Gasteiger partial charge on any atom is 0.223 e. The van der Waals surface area contributed by atoms with Gasteiger partial charge in [0, 0.05) is 18.5 Å². The first-order valence-electron chi connectivity index (χ1n) is 3.88. The van der Waals surface area contributed by atoms with Crippen LogP contribution >= 0.6 is 0 Å². The molecule has 64 valence electrons. The Morgan fingerprint density at radius 2 is 2.55 bits per heavy atom. The fourth-order valence-corrected chi connectivity index (χ4v) is 1.31. The van der Waals surface area contributed by atoms with Crippen molar-refractivity contribution in [3.63, 3.8) is 0 Å². The number of nitrogens with one attached hydrogen (secondary N) is 1. The van der Waals surface area contributed by atoms with E-state index in [1.807, 2.05) is 0 Å². The minimum atomic E-state index is -0.246. The number of aliphatic hydroxyl groups excluding tert-OH is 1. The Balaban J connectivity index is 2.30. The van der Waals surface area contributed by atoms with Gasteiger partial charge in [-0.3, -0.25) is 4.79 Å². The van der Waals surface area contributed by atoms with Crippen molar-refractivity contribution < 1.29 is 9.90 Å². The molecule has 1 aliphatic heterocycles. The zero-order valence-electron chi connectivity index (χ0n) is 6.42. The molecule has 1 aliphatic rings. The van der Waals surface area contributed by atoms with Gasteiger partial charge in [-0.15, -0.1) is 0 Å². The molecule has 2 atom stereocenters. The van der Waals surface area contributed by atoms with Crippen molar-refractivity contribution in [1.82, 2.24) is 5.32 Å². The summed E-state index contributed by atoms with van der Waals surface area (Å²) >= 11 is 0. The summed E-state index contributed by atoms with van der Waals surface area (Å²) in [7, 11) is 0. The average Bonchev–Trinajstić information content (AvgIpc) is 2.37. The van der Waals surface area contributed by atoms with E-state index in [4.69, 9.17) is 10.8 Å². The normalized spacial score (nSPS) is 26.7. The van der Waals surface area contributed by atoms with Crippen molar-refractivity contribution in [2.75, 3.05) is 13.2 Å². The van der Waals surface area contributed by atoms with E-state index in [0.29, 0.717) is 6.42 Å². The number of carbonyl (C=O) groups excluding carboxylic acids is 1. The van der Waals surface area contributed by atoms with Crippen molar-refractivity contribution in [3.05, 3.63) is 0 Å². The molecule has 11 heavy (non-hydrogen) atoms. The average molecular weight is 158 g/mol. The van der Waals surface area contributed by atoms with Crippen LogP contribution in [0.25, 0.3) is 0 Å². The number of carbonyl (C=O) groups is 1. The highest BCUT2D eigenvalue weighted by atomic mass is 16.3. The van der Waals surface area contributed by atoms with Gasteiger partial charge < -0.3 is 16.2 Å². The van der Waals surface area contributed by atoms with Gasteiger partial charge in [0.2, 0.25) is 5.91 Å². The van der Waals surface area contributed by atoms with Crippen molar-refractivity contribution in [3.8, 4) is 0 Å². The SMILES string of the molecule is NC(CO)C[C@@H]1CCNC1=O. The second-order valence-electron chi connectivity index (χ2n) is 2.95. The maximum atomic E-state index is 11.0. The first-order valence-corrected chi connectivity index (χ1v) is 3.88. The Bertz CT molecular complexity index is 149. The zero-order chi connectivity index (χ0) is 8.27. The second-order valence-corrected chi connectivity index (χ2v) is 2.95. The lowest BCUT2D eigenvalue weighted by atomic mass is 9.99. The molecule has 0 spiro atoms. The van der Waals surface area contributed by atoms with E-state index in [-0.39, 0.29) is 24.5 Å². The summed E-state index contributed by atoms with van der Waals surface area (Å²) in [5, 5.41) is 11.3. The predicted octanol–water partition coefficient (Wildman–Crippen LogP) is -1.17. The molecule has 0 aliphatic carbocycles. The molecule has 1 rings (SSSR count). The van der Waals surface area contributed by atoms with E-state index in [2.05, 4.69) is 5.32 Å². The van der Waals surface area contributed by atoms with Crippen molar-refractivity contribution in [2.45, 2.75) is 18.9 Å². The van der Waals surface area contributed by atoms with Crippen molar-refractivity contribution >= 4 is 5.91 Å². The summed E-state index contributed by atoms with van der Waals surface area (Å²) in [6, 6.07) is -0.246. The van der Waals surface area contributed by atoms with E-state index < -0.39 is 0 Å². The highest BCUT2D eigenvalue weighted by Crippen LogP contribution is 2.14. The van der Waals surface area contributed by atoms with E-state index in [1.165, 1.54) is 0 Å². The molecule has 4 nitrogen and oxygen atoms in total. The van der Waals surface area contributed by atoms with Crippen LogP contribution in [0.5, 0.6) is 0 Å². The summed E-state index contributed by atoms with van der Waals surface area (Å²) in [4.78, 5) is 11.0. The van der Waals surface area contributed by atoms with E-state index in [9.17, 15) is 4.79 Å². The van der Waals surface area contributed by atoms with Gasteiger partial charge in [-0.05, 0) is 12.8 Å². The van der Waals surface area contributed by atoms with Crippen molar-refractivity contribution in [2.24, 2.45) is 11.7 Å². The number of amides is 1. The van der Waals surface area contributed by atoms with Gasteiger partial charge >= 0.3 is 0 Å². The lowest BCUT2D eigenvalue weighted by Crippen LogP contribution is -2.30. The molecule has 1 fully saturated rings. The summed E-state index contributed by atoms with van der Waals surface area (Å²) in [6.45, 7) is 0.714. The van der Waals surface area contributed by atoms with Gasteiger partial charge in [0.15, 0.2) is 0 Å². The molecular weight excluding hydrogens is 144 g/mol. The minimum Gasteiger partial charge on any atom is -0.395 e. The molecule has 0 saturated carbocycles. The third kappa shape index (κ3) is 2.17. The Kier molecular flexibility index (Phi) is 2.84.